The highest BCUT2D eigenvalue weighted by atomic mass is 16.2. The number of amides is 4. The molecular weight excluding hydrogens is 408 g/mol. The highest BCUT2D eigenvalue weighted by molar-refractivity contribution is 6.15. The van der Waals surface area contributed by atoms with Crippen LogP contribution in [0.4, 0.5) is 5.69 Å². The van der Waals surface area contributed by atoms with Gasteiger partial charge in [-0.3, -0.25) is 29.4 Å². The highest BCUT2D eigenvalue weighted by Gasteiger charge is 2.70. The van der Waals surface area contributed by atoms with E-state index in [1.54, 1.807) is 6.07 Å². The predicted molar refractivity (Wildman–Crippen MR) is 116 cm³/mol. The summed E-state index contributed by atoms with van der Waals surface area (Å²) in [5, 5.41) is 6.10. The molecule has 0 unspecified atom stereocenters. The number of hydrogen-bond donors (Lipinski definition) is 3. The maximum atomic E-state index is 13.6. The molecule has 0 bridgehead atoms. The van der Waals surface area contributed by atoms with Gasteiger partial charge in [-0.1, -0.05) is 48.5 Å². The van der Waals surface area contributed by atoms with Gasteiger partial charge in [-0.2, -0.15) is 0 Å². The molecule has 8 heteroatoms. The van der Waals surface area contributed by atoms with Gasteiger partial charge in [-0.05, 0) is 24.5 Å². The number of anilines is 1. The Kier molecular flexibility index (Phi) is 4.63. The zero-order chi connectivity index (χ0) is 22.6. The van der Waals surface area contributed by atoms with Gasteiger partial charge in [0, 0.05) is 30.3 Å². The molecule has 0 aromatic heterocycles. The van der Waals surface area contributed by atoms with Gasteiger partial charge in [0.15, 0.2) is 0 Å². The van der Waals surface area contributed by atoms with Gasteiger partial charge in [-0.25, -0.2) is 0 Å². The van der Waals surface area contributed by atoms with Crippen molar-refractivity contribution in [3.63, 3.8) is 0 Å². The van der Waals surface area contributed by atoms with Crippen LogP contribution in [-0.2, 0) is 31.1 Å². The molecule has 0 radical (unpaired) electrons. The number of nitrogens with one attached hydrogen (secondary N) is 2. The van der Waals surface area contributed by atoms with Crippen molar-refractivity contribution in [2.45, 2.75) is 31.3 Å². The molecule has 32 heavy (non-hydrogen) atoms. The average Bonchev–Trinajstić information content (AvgIpc) is 3.33. The molecule has 5 rings (SSSR count). The number of nitrogens with two attached hydrogens (primary N) is 1. The van der Waals surface area contributed by atoms with Crippen LogP contribution < -0.4 is 16.4 Å². The summed E-state index contributed by atoms with van der Waals surface area (Å²) >= 11 is 0. The minimum atomic E-state index is -1.40. The van der Waals surface area contributed by atoms with Gasteiger partial charge in [0.05, 0.1) is 11.8 Å². The molecule has 4 N–H and O–H groups in total. The van der Waals surface area contributed by atoms with E-state index in [1.165, 1.54) is 4.90 Å². The molecule has 3 aliphatic heterocycles. The van der Waals surface area contributed by atoms with Crippen molar-refractivity contribution >= 4 is 29.3 Å². The first kappa shape index (κ1) is 20.4. The van der Waals surface area contributed by atoms with Crippen molar-refractivity contribution in [1.29, 1.82) is 0 Å². The first-order chi connectivity index (χ1) is 15.3. The molecule has 3 heterocycles. The number of rotatable bonds is 5. The summed E-state index contributed by atoms with van der Waals surface area (Å²) in [6.45, 7) is 2.09. The van der Waals surface area contributed by atoms with Gasteiger partial charge in [-0.15, -0.1) is 0 Å². The van der Waals surface area contributed by atoms with Gasteiger partial charge >= 0.3 is 0 Å². The first-order valence-corrected chi connectivity index (χ1v) is 10.7. The van der Waals surface area contributed by atoms with E-state index in [1.807, 2.05) is 49.4 Å². The van der Waals surface area contributed by atoms with E-state index in [2.05, 4.69) is 10.6 Å². The third-order valence-electron chi connectivity index (χ3n) is 6.94. The van der Waals surface area contributed by atoms with Crippen LogP contribution in [-0.4, -0.2) is 41.1 Å². The van der Waals surface area contributed by atoms with E-state index >= 15 is 0 Å². The number of hydrogen-bond acceptors (Lipinski definition) is 5. The van der Waals surface area contributed by atoms with Gasteiger partial charge in [0.25, 0.3) is 0 Å². The van der Waals surface area contributed by atoms with Crippen LogP contribution in [0.1, 0.15) is 23.1 Å². The van der Waals surface area contributed by atoms with E-state index in [9.17, 15) is 19.2 Å². The second-order valence-corrected chi connectivity index (χ2v) is 8.75. The van der Waals surface area contributed by atoms with Gasteiger partial charge in [0.2, 0.25) is 23.6 Å². The molecule has 4 amide bonds. The summed E-state index contributed by atoms with van der Waals surface area (Å²) in [5.41, 5.74) is 7.20. The fourth-order valence-corrected chi connectivity index (χ4v) is 5.53. The molecule has 0 saturated carbocycles. The normalized spacial score (nSPS) is 28.2. The molecule has 8 nitrogen and oxygen atoms in total. The molecule has 1 spiro atoms. The number of carbonyl (C=O) groups excluding carboxylic acids is 4. The Morgan fingerprint density at radius 1 is 1.06 bits per heavy atom. The van der Waals surface area contributed by atoms with E-state index in [0.717, 1.165) is 11.1 Å². The SMILES string of the molecule is Cc1cccc2c1NC(=O)[C@]21N[C@H](CC(N)=O)[C@H]2C(=O)N(CCc3ccccc3)C(=O)[C@@H]21. The minimum absolute atomic E-state index is 0.136. The number of primary amides is 1. The molecule has 2 aromatic rings. The number of aryl methyl sites for hydroxylation is 1. The zero-order valence-electron chi connectivity index (χ0n) is 17.6. The number of imide groups is 1. The van der Waals surface area contributed by atoms with E-state index in [0.29, 0.717) is 17.7 Å². The Bertz CT molecular complexity index is 1150. The lowest BCUT2D eigenvalue weighted by atomic mass is 9.76. The number of para-hydroxylation sites is 1. The second-order valence-electron chi connectivity index (χ2n) is 8.75. The van der Waals surface area contributed by atoms with E-state index in [-0.39, 0.29) is 30.7 Å². The molecule has 4 atom stereocenters. The first-order valence-electron chi connectivity index (χ1n) is 10.7. The number of nitrogens with zero attached hydrogens (tertiary/aromatic N) is 1. The standard InChI is InChI=1S/C24H24N4O4/c1-13-6-5-9-15-20(13)26-23(32)24(15)19-18(16(27-24)12-17(25)29)21(30)28(22(19)31)11-10-14-7-3-2-4-8-14/h2-9,16,18-19,27H,10-12H2,1H3,(H2,25,29)(H,26,32)/t16-,18-,19-,24+/m1/s1. The summed E-state index contributed by atoms with van der Waals surface area (Å²) in [7, 11) is 0. The average molecular weight is 432 g/mol. The minimum Gasteiger partial charge on any atom is -0.370 e. The molecule has 164 valence electrons. The van der Waals surface area contributed by atoms with Crippen LogP contribution in [0.2, 0.25) is 0 Å². The Hall–Kier alpha value is -3.52. The number of likely N-dealkylation sites (tertiary alicyclic amines) is 1. The fourth-order valence-electron chi connectivity index (χ4n) is 5.53. The van der Waals surface area contributed by atoms with Crippen molar-refractivity contribution in [2.75, 3.05) is 11.9 Å². The smallest absolute Gasteiger partial charge is 0.250 e. The summed E-state index contributed by atoms with van der Waals surface area (Å²) in [6, 6.07) is 14.4. The zero-order valence-corrected chi connectivity index (χ0v) is 17.6. The molecule has 2 saturated heterocycles. The molecule has 3 aliphatic rings. The van der Waals surface area contributed by atoms with Crippen LogP contribution in [0.5, 0.6) is 0 Å². The quantitative estimate of drug-likeness (QED) is 0.605. The maximum Gasteiger partial charge on any atom is 0.250 e. The van der Waals surface area contributed by atoms with Crippen molar-refractivity contribution in [3.05, 3.63) is 65.2 Å². The highest BCUT2D eigenvalue weighted by Crippen LogP contribution is 2.53. The topological polar surface area (TPSA) is 122 Å². The van der Waals surface area contributed by atoms with Crippen molar-refractivity contribution in [3.8, 4) is 0 Å². The predicted octanol–water partition coefficient (Wildman–Crippen LogP) is 0.834. The number of fused-ring (bicyclic) bond motifs is 4. The van der Waals surface area contributed by atoms with Crippen molar-refractivity contribution in [1.82, 2.24) is 10.2 Å². The number of carbonyl (C=O) groups is 4. The van der Waals surface area contributed by atoms with Crippen molar-refractivity contribution in [2.24, 2.45) is 17.6 Å². The van der Waals surface area contributed by atoms with Crippen LogP contribution in [0.3, 0.4) is 0 Å². The number of benzene rings is 2. The Morgan fingerprint density at radius 3 is 2.53 bits per heavy atom. The van der Waals surface area contributed by atoms with Crippen LogP contribution in [0, 0.1) is 18.8 Å². The van der Waals surface area contributed by atoms with E-state index < -0.39 is 29.3 Å². The molecule has 2 fully saturated rings. The van der Waals surface area contributed by atoms with Crippen LogP contribution in [0.15, 0.2) is 48.5 Å². The molecular formula is C24H24N4O4. The second kappa shape index (κ2) is 7.27. The Balaban J connectivity index is 1.55. The lowest BCUT2D eigenvalue weighted by Gasteiger charge is -2.29. The van der Waals surface area contributed by atoms with Gasteiger partial charge in [0.1, 0.15) is 5.54 Å². The lowest BCUT2D eigenvalue weighted by Crippen LogP contribution is -2.53. The lowest BCUT2D eigenvalue weighted by molar-refractivity contribution is -0.142. The monoisotopic (exact) mass is 432 g/mol. The third-order valence-corrected chi connectivity index (χ3v) is 6.94. The largest absolute Gasteiger partial charge is 0.370 e. The summed E-state index contributed by atoms with van der Waals surface area (Å²) in [4.78, 5) is 53.4. The van der Waals surface area contributed by atoms with E-state index in [4.69, 9.17) is 5.73 Å². The Labute approximate surface area is 185 Å². The van der Waals surface area contributed by atoms with Crippen molar-refractivity contribution < 1.29 is 19.2 Å². The summed E-state index contributed by atoms with van der Waals surface area (Å²) in [5.74, 6) is -3.49. The van der Waals surface area contributed by atoms with Crippen LogP contribution in [0.25, 0.3) is 0 Å². The third kappa shape index (κ3) is 2.79. The van der Waals surface area contributed by atoms with Crippen LogP contribution >= 0.6 is 0 Å². The molecule has 0 aliphatic carbocycles. The Morgan fingerprint density at radius 2 is 1.81 bits per heavy atom. The summed E-state index contributed by atoms with van der Waals surface area (Å²) < 4.78 is 0. The summed E-state index contributed by atoms with van der Waals surface area (Å²) in [6.07, 6.45) is 0.378. The molecule has 2 aromatic carbocycles. The van der Waals surface area contributed by atoms with Gasteiger partial charge < -0.3 is 11.1 Å². The maximum absolute atomic E-state index is 13.6. The fraction of sp³-hybridized carbons (Fsp3) is 0.333.